The summed E-state index contributed by atoms with van der Waals surface area (Å²) in [6.07, 6.45) is 1.58. The molecule has 6 rings (SSSR count). The Hall–Kier alpha value is -3.74. The Morgan fingerprint density at radius 3 is 2.12 bits per heavy atom. The molecular formula is C34H31ClN2O3S. The summed E-state index contributed by atoms with van der Waals surface area (Å²) in [5.74, 6) is -1.76. The normalized spacial score (nSPS) is 22.7. The SMILES string of the molecule is CC(NC(=O)C1C(c2ccc(Cl)cc2)C(C(=O)c2cccs2)C(c2ccccc2)N1C(=O)C1CC1)c1ccccc1. The van der Waals surface area contributed by atoms with Crippen LogP contribution in [0.2, 0.25) is 5.02 Å². The lowest BCUT2D eigenvalue weighted by Crippen LogP contribution is -2.49. The standard InChI is InChI=1S/C34H31ClN2O3S/c1-21(22-9-4-2-5-10-22)36-33(39)31-28(23-16-18-26(35)19-17-23)29(32(38)27-13-8-20-41-27)30(24-11-6-3-7-12-24)37(31)34(40)25-14-15-25/h2-13,16-21,25,28-31H,14-15H2,1H3,(H,36,39). The predicted molar refractivity (Wildman–Crippen MR) is 162 cm³/mol. The van der Waals surface area contributed by atoms with Crippen LogP contribution in [0, 0.1) is 11.8 Å². The average molecular weight is 583 g/mol. The summed E-state index contributed by atoms with van der Waals surface area (Å²) in [4.78, 5) is 45.4. The van der Waals surface area contributed by atoms with Crippen LogP contribution < -0.4 is 5.32 Å². The fraction of sp³-hybridized carbons (Fsp3) is 0.265. The molecule has 2 fully saturated rings. The second kappa shape index (κ2) is 11.6. The van der Waals surface area contributed by atoms with Gasteiger partial charge in [-0.1, -0.05) is 90.5 Å². The molecule has 1 aliphatic heterocycles. The Bertz CT molecular complexity index is 1520. The molecule has 208 valence electrons. The Labute approximate surface area is 249 Å². The van der Waals surface area contributed by atoms with Crippen molar-refractivity contribution >= 4 is 40.5 Å². The van der Waals surface area contributed by atoms with Gasteiger partial charge in [0.2, 0.25) is 11.8 Å². The van der Waals surface area contributed by atoms with Crippen molar-refractivity contribution < 1.29 is 14.4 Å². The van der Waals surface area contributed by atoms with E-state index in [0.717, 1.165) is 29.5 Å². The van der Waals surface area contributed by atoms with Gasteiger partial charge in [-0.15, -0.1) is 11.3 Å². The van der Waals surface area contributed by atoms with Crippen molar-refractivity contribution in [1.29, 1.82) is 0 Å². The van der Waals surface area contributed by atoms with Crippen molar-refractivity contribution in [1.82, 2.24) is 10.2 Å². The molecule has 5 unspecified atom stereocenters. The van der Waals surface area contributed by atoms with Crippen molar-refractivity contribution in [3.63, 3.8) is 0 Å². The number of ketones is 1. The number of hydrogen-bond donors (Lipinski definition) is 1. The second-order valence-electron chi connectivity index (χ2n) is 10.9. The number of likely N-dealkylation sites (tertiary alicyclic amines) is 1. The van der Waals surface area contributed by atoms with Crippen LogP contribution in [-0.4, -0.2) is 28.5 Å². The number of rotatable bonds is 8. The third-order valence-corrected chi connectivity index (χ3v) is 9.37. The fourth-order valence-corrected chi connectivity index (χ4v) is 6.96. The number of benzene rings is 3. The average Bonchev–Trinajstić information content (AvgIpc) is 3.58. The largest absolute Gasteiger partial charge is 0.348 e. The third-order valence-electron chi connectivity index (χ3n) is 8.24. The number of Topliss-reactive ketones (excluding diaryl/α,β-unsaturated/α-hetero) is 1. The number of hydrogen-bond acceptors (Lipinski definition) is 4. The summed E-state index contributed by atoms with van der Waals surface area (Å²) in [6.45, 7) is 1.94. The van der Waals surface area contributed by atoms with Gasteiger partial charge in [0, 0.05) is 16.9 Å². The molecule has 1 saturated carbocycles. The van der Waals surface area contributed by atoms with E-state index in [1.54, 1.807) is 17.0 Å². The van der Waals surface area contributed by atoms with Crippen LogP contribution in [0.15, 0.2) is 102 Å². The molecule has 2 aliphatic rings. The van der Waals surface area contributed by atoms with Crippen LogP contribution in [0.25, 0.3) is 0 Å². The topological polar surface area (TPSA) is 66.5 Å². The first-order valence-corrected chi connectivity index (χ1v) is 15.3. The lowest BCUT2D eigenvalue weighted by atomic mass is 9.77. The summed E-state index contributed by atoms with van der Waals surface area (Å²) < 4.78 is 0. The smallest absolute Gasteiger partial charge is 0.243 e. The highest BCUT2D eigenvalue weighted by atomic mass is 35.5. The van der Waals surface area contributed by atoms with Gasteiger partial charge < -0.3 is 10.2 Å². The molecule has 1 aromatic heterocycles. The highest BCUT2D eigenvalue weighted by Gasteiger charge is 2.59. The van der Waals surface area contributed by atoms with Crippen molar-refractivity contribution in [2.75, 3.05) is 0 Å². The zero-order chi connectivity index (χ0) is 28.5. The van der Waals surface area contributed by atoms with Crippen LogP contribution >= 0.6 is 22.9 Å². The number of carbonyl (C=O) groups excluding carboxylic acids is 3. The van der Waals surface area contributed by atoms with Crippen LogP contribution in [0.3, 0.4) is 0 Å². The van der Waals surface area contributed by atoms with Gasteiger partial charge in [0.1, 0.15) is 6.04 Å². The molecule has 0 radical (unpaired) electrons. The molecule has 1 saturated heterocycles. The van der Waals surface area contributed by atoms with Crippen molar-refractivity contribution in [2.24, 2.45) is 11.8 Å². The minimum absolute atomic E-state index is 0.0613. The van der Waals surface area contributed by atoms with Gasteiger partial charge in [0.05, 0.1) is 22.9 Å². The molecule has 0 bridgehead atoms. The molecule has 1 N–H and O–H groups in total. The Morgan fingerprint density at radius 1 is 0.854 bits per heavy atom. The highest BCUT2D eigenvalue weighted by molar-refractivity contribution is 7.12. The Balaban J connectivity index is 1.52. The monoisotopic (exact) mass is 582 g/mol. The number of thiophene rings is 1. The molecule has 5 nitrogen and oxygen atoms in total. The zero-order valence-electron chi connectivity index (χ0n) is 22.7. The van der Waals surface area contributed by atoms with Crippen LogP contribution in [0.5, 0.6) is 0 Å². The van der Waals surface area contributed by atoms with Gasteiger partial charge in [-0.05, 0) is 60.0 Å². The van der Waals surface area contributed by atoms with E-state index in [-0.39, 0.29) is 29.6 Å². The summed E-state index contributed by atoms with van der Waals surface area (Å²) in [5, 5.41) is 5.64. The third kappa shape index (κ3) is 5.46. The van der Waals surface area contributed by atoms with Gasteiger partial charge in [-0.2, -0.15) is 0 Å². The van der Waals surface area contributed by atoms with Gasteiger partial charge in [-0.25, -0.2) is 0 Å². The first-order chi connectivity index (χ1) is 19.9. The lowest BCUT2D eigenvalue weighted by Gasteiger charge is -2.32. The number of nitrogens with one attached hydrogen (secondary N) is 1. The number of halogens is 1. The molecular weight excluding hydrogens is 552 g/mol. The summed E-state index contributed by atoms with van der Waals surface area (Å²) in [7, 11) is 0. The Kier molecular flexibility index (Phi) is 7.78. The zero-order valence-corrected chi connectivity index (χ0v) is 24.2. The molecule has 0 spiro atoms. The first-order valence-electron chi connectivity index (χ1n) is 14.0. The van der Waals surface area contributed by atoms with Crippen LogP contribution in [-0.2, 0) is 9.59 Å². The number of nitrogens with zero attached hydrogens (tertiary/aromatic N) is 1. The molecule has 4 aromatic rings. The van der Waals surface area contributed by atoms with Gasteiger partial charge in [-0.3, -0.25) is 14.4 Å². The summed E-state index contributed by atoms with van der Waals surface area (Å²) in [6, 6.07) is 28.7. The first kappa shape index (κ1) is 27.4. The highest BCUT2D eigenvalue weighted by Crippen LogP contribution is 2.53. The van der Waals surface area contributed by atoms with E-state index in [9.17, 15) is 14.4 Å². The van der Waals surface area contributed by atoms with E-state index in [0.29, 0.717) is 9.90 Å². The van der Waals surface area contributed by atoms with Crippen molar-refractivity contribution in [3.05, 3.63) is 129 Å². The van der Waals surface area contributed by atoms with E-state index >= 15 is 0 Å². The van der Waals surface area contributed by atoms with E-state index in [2.05, 4.69) is 5.32 Å². The molecule has 2 amide bonds. The molecule has 5 atom stereocenters. The molecule has 1 aliphatic carbocycles. The molecule has 3 aromatic carbocycles. The Morgan fingerprint density at radius 2 is 1.51 bits per heavy atom. The van der Waals surface area contributed by atoms with Gasteiger partial charge in [0.25, 0.3) is 0 Å². The lowest BCUT2D eigenvalue weighted by molar-refractivity contribution is -0.142. The number of amides is 2. The second-order valence-corrected chi connectivity index (χ2v) is 12.3. The van der Waals surface area contributed by atoms with E-state index < -0.39 is 23.9 Å². The fourth-order valence-electron chi connectivity index (χ4n) is 6.12. The maximum atomic E-state index is 14.4. The van der Waals surface area contributed by atoms with E-state index in [1.165, 1.54) is 11.3 Å². The minimum Gasteiger partial charge on any atom is -0.348 e. The van der Waals surface area contributed by atoms with E-state index in [1.807, 2.05) is 97.2 Å². The molecule has 7 heteroatoms. The number of carbonyl (C=O) groups is 3. The maximum Gasteiger partial charge on any atom is 0.243 e. The minimum atomic E-state index is -0.880. The predicted octanol–water partition coefficient (Wildman–Crippen LogP) is 7.22. The quantitative estimate of drug-likeness (QED) is 0.223. The summed E-state index contributed by atoms with van der Waals surface area (Å²) in [5.41, 5.74) is 2.62. The van der Waals surface area contributed by atoms with E-state index in [4.69, 9.17) is 11.6 Å². The molecule has 2 heterocycles. The molecule has 41 heavy (non-hydrogen) atoms. The van der Waals surface area contributed by atoms with Crippen molar-refractivity contribution in [2.45, 2.75) is 43.8 Å². The maximum absolute atomic E-state index is 14.4. The van der Waals surface area contributed by atoms with Crippen LogP contribution in [0.1, 0.15) is 64.1 Å². The van der Waals surface area contributed by atoms with Crippen LogP contribution in [0.4, 0.5) is 0 Å². The van der Waals surface area contributed by atoms with Gasteiger partial charge in [0.15, 0.2) is 5.78 Å². The summed E-state index contributed by atoms with van der Waals surface area (Å²) >= 11 is 7.66. The van der Waals surface area contributed by atoms with Gasteiger partial charge >= 0.3 is 0 Å². The van der Waals surface area contributed by atoms with Crippen molar-refractivity contribution in [3.8, 4) is 0 Å².